The number of aromatic nitrogens is 1. The van der Waals surface area contributed by atoms with Gasteiger partial charge in [-0.25, -0.2) is 0 Å². The quantitative estimate of drug-likeness (QED) is 0.603. The Morgan fingerprint density at radius 2 is 2.44 bits per heavy atom. The lowest BCUT2D eigenvalue weighted by Crippen LogP contribution is -2.32. The number of pyridine rings is 1. The number of thioether (sulfide) groups is 1. The molecule has 1 heterocycles. The van der Waals surface area contributed by atoms with E-state index in [9.17, 15) is 9.90 Å². The molecule has 0 saturated carbocycles. The summed E-state index contributed by atoms with van der Waals surface area (Å²) in [5, 5.41) is 10.2. The van der Waals surface area contributed by atoms with E-state index in [1.165, 1.54) is 11.8 Å². The van der Waals surface area contributed by atoms with Crippen molar-refractivity contribution < 1.29 is 9.90 Å². The van der Waals surface area contributed by atoms with E-state index in [1.54, 1.807) is 25.3 Å². The predicted molar refractivity (Wildman–Crippen MR) is 65.1 cm³/mol. The van der Waals surface area contributed by atoms with Gasteiger partial charge in [0.2, 0.25) is 0 Å². The molecule has 1 aromatic rings. The Labute approximate surface area is 103 Å². The molecule has 0 aliphatic carbocycles. The minimum atomic E-state index is -1.07. The fraction of sp³-hybridized carbons (Fsp3) is 0.300. The molecular weight excluding hydrogens is 244 g/mol. The van der Waals surface area contributed by atoms with Crippen molar-refractivity contribution in [3.05, 3.63) is 24.0 Å². The van der Waals surface area contributed by atoms with Gasteiger partial charge in [0.05, 0.1) is 11.7 Å². The van der Waals surface area contributed by atoms with Crippen LogP contribution < -0.4 is 10.8 Å². The van der Waals surface area contributed by atoms with Crippen LogP contribution in [0.15, 0.2) is 23.2 Å². The zero-order valence-corrected chi connectivity index (χ0v) is 10.3. The molecular formula is C10H11N2O2S2-. The second-order valence-corrected chi connectivity index (χ2v) is 4.79. The van der Waals surface area contributed by atoms with Gasteiger partial charge in [0.25, 0.3) is 0 Å². The Morgan fingerprint density at radius 1 is 1.75 bits per heavy atom. The van der Waals surface area contributed by atoms with E-state index in [0.717, 1.165) is 4.90 Å². The first-order valence-electron chi connectivity index (χ1n) is 4.68. The maximum absolute atomic E-state index is 10.8. The Hall–Kier alpha value is -1.14. The van der Waals surface area contributed by atoms with Crippen molar-refractivity contribution in [3.8, 4) is 0 Å². The second kappa shape index (κ2) is 5.81. The van der Waals surface area contributed by atoms with Gasteiger partial charge < -0.3 is 15.6 Å². The van der Waals surface area contributed by atoms with E-state index in [1.807, 2.05) is 0 Å². The van der Waals surface area contributed by atoms with Gasteiger partial charge in [-0.3, -0.25) is 4.98 Å². The smallest absolute Gasteiger partial charge is 0.122 e. The lowest BCUT2D eigenvalue weighted by Gasteiger charge is -2.15. The zero-order chi connectivity index (χ0) is 12.1. The highest BCUT2D eigenvalue weighted by Gasteiger charge is 2.10. The summed E-state index contributed by atoms with van der Waals surface area (Å²) in [6.45, 7) is 1.79. The highest BCUT2D eigenvalue weighted by atomic mass is 32.2. The topological polar surface area (TPSA) is 79.0 Å². The minimum absolute atomic E-state index is 0.198. The molecule has 0 saturated heterocycles. The summed E-state index contributed by atoms with van der Waals surface area (Å²) < 4.78 is 0. The number of nitrogens with two attached hydrogens (primary N) is 1. The fourth-order valence-corrected chi connectivity index (χ4v) is 2.10. The van der Waals surface area contributed by atoms with Gasteiger partial charge in [-0.15, -0.1) is 11.8 Å². The molecule has 2 N–H and O–H groups in total. The molecule has 4 nitrogen and oxygen atoms in total. The molecule has 0 aliphatic heterocycles. The number of carboxylic acid groups (broad SMARTS) is 1. The third-order valence-electron chi connectivity index (χ3n) is 1.90. The molecule has 0 aromatic carbocycles. The molecule has 86 valence electrons. The van der Waals surface area contributed by atoms with Crippen LogP contribution in [0.5, 0.6) is 0 Å². The Balaban J connectivity index is 2.84. The summed E-state index contributed by atoms with van der Waals surface area (Å²) >= 11 is 6.00. The molecule has 16 heavy (non-hydrogen) atoms. The van der Waals surface area contributed by atoms with Crippen LogP contribution >= 0.6 is 24.0 Å². The molecule has 1 aromatic heterocycles. The summed E-state index contributed by atoms with van der Waals surface area (Å²) in [6, 6.07) is 3.40. The average Bonchev–Trinajstić information content (AvgIpc) is 2.25. The first-order valence-corrected chi connectivity index (χ1v) is 5.96. The van der Waals surface area contributed by atoms with Crippen LogP contribution in [0, 0.1) is 0 Å². The van der Waals surface area contributed by atoms with Gasteiger partial charge in [0.1, 0.15) is 4.99 Å². The first kappa shape index (κ1) is 12.9. The summed E-state index contributed by atoms with van der Waals surface area (Å²) in [5.74, 6) is -1.07. The molecule has 1 atom stereocenters. The third kappa shape index (κ3) is 3.46. The van der Waals surface area contributed by atoms with Crippen molar-refractivity contribution in [1.29, 1.82) is 0 Å². The number of aliphatic carboxylic acids is 1. The van der Waals surface area contributed by atoms with Gasteiger partial charge in [0, 0.05) is 16.3 Å². The summed E-state index contributed by atoms with van der Waals surface area (Å²) in [5.41, 5.74) is 5.93. The van der Waals surface area contributed by atoms with Crippen molar-refractivity contribution in [3.63, 3.8) is 0 Å². The number of hydrogen-bond donors (Lipinski definition) is 1. The number of carbonyl (C=O) groups is 1. The fourth-order valence-electron chi connectivity index (χ4n) is 1.08. The monoisotopic (exact) mass is 255 g/mol. The van der Waals surface area contributed by atoms with E-state index in [0.29, 0.717) is 12.1 Å². The number of nitrogens with zero attached hydrogens (tertiary/aromatic N) is 1. The summed E-state index contributed by atoms with van der Waals surface area (Å²) in [4.78, 5) is 15.7. The third-order valence-corrected chi connectivity index (χ3v) is 3.44. The van der Waals surface area contributed by atoms with Crippen LogP contribution in [0.2, 0.25) is 0 Å². The second-order valence-electron chi connectivity index (χ2n) is 3.07. The van der Waals surface area contributed by atoms with Gasteiger partial charge >= 0.3 is 0 Å². The summed E-state index contributed by atoms with van der Waals surface area (Å²) in [6.07, 6.45) is 2.05. The number of rotatable bonds is 5. The molecule has 0 bridgehead atoms. The SMILES string of the molecule is CCC(Sc1ccnc(C(N)=S)c1)C(=O)[O-]. The van der Waals surface area contributed by atoms with Crippen molar-refractivity contribution in [2.45, 2.75) is 23.5 Å². The molecule has 0 aliphatic rings. The maximum atomic E-state index is 10.8. The van der Waals surface area contributed by atoms with Gasteiger partial charge in [-0.1, -0.05) is 19.1 Å². The number of thiocarbonyl (C=S) groups is 1. The highest BCUT2D eigenvalue weighted by Crippen LogP contribution is 2.25. The van der Waals surface area contributed by atoms with Crippen molar-refractivity contribution >= 4 is 34.9 Å². The van der Waals surface area contributed by atoms with Crippen LogP contribution in [0.25, 0.3) is 0 Å². The maximum Gasteiger partial charge on any atom is 0.122 e. The van der Waals surface area contributed by atoms with Crippen LogP contribution in [0.3, 0.4) is 0 Å². The van der Waals surface area contributed by atoms with Gasteiger partial charge in [0.15, 0.2) is 0 Å². The molecule has 0 amide bonds. The van der Waals surface area contributed by atoms with E-state index >= 15 is 0 Å². The molecule has 1 unspecified atom stereocenters. The molecule has 0 radical (unpaired) electrons. The molecule has 0 spiro atoms. The van der Waals surface area contributed by atoms with Crippen LogP contribution in [-0.2, 0) is 4.79 Å². The predicted octanol–water partition coefficient (Wildman–Crippen LogP) is 0.336. The highest BCUT2D eigenvalue weighted by molar-refractivity contribution is 8.00. The van der Waals surface area contributed by atoms with Gasteiger partial charge in [-0.05, 0) is 18.6 Å². The van der Waals surface area contributed by atoms with Crippen molar-refractivity contribution in [2.24, 2.45) is 5.73 Å². The van der Waals surface area contributed by atoms with E-state index in [-0.39, 0.29) is 4.99 Å². The zero-order valence-electron chi connectivity index (χ0n) is 8.67. The molecule has 0 fully saturated rings. The van der Waals surface area contributed by atoms with E-state index < -0.39 is 11.2 Å². The van der Waals surface area contributed by atoms with Crippen molar-refractivity contribution in [1.82, 2.24) is 4.98 Å². The minimum Gasteiger partial charge on any atom is -0.549 e. The number of carboxylic acids is 1. The lowest BCUT2D eigenvalue weighted by molar-refractivity contribution is -0.304. The first-order chi connectivity index (χ1) is 7.54. The largest absolute Gasteiger partial charge is 0.549 e. The lowest BCUT2D eigenvalue weighted by atomic mass is 10.3. The number of carbonyl (C=O) groups excluding carboxylic acids is 1. The Morgan fingerprint density at radius 3 is 2.94 bits per heavy atom. The van der Waals surface area contributed by atoms with E-state index in [2.05, 4.69) is 4.98 Å². The van der Waals surface area contributed by atoms with Crippen LogP contribution in [0.4, 0.5) is 0 Å². The standard InChI is InChI=1S/C10H12N2O2S2/c1-2-8(10(13)14)16-6-3-4-12-7(5-6)9(11)15/h3-5,8H,2H2,1H3,(H2,11,15)(H,13,14)/p-1. The Bertz CT molecular complexity index is 410. The molecule has 1 rings (SSSR count). The summed E-state index contributed by atoms with van der Waals surface area (Å²) in [7, 11) is 0. The molecule has 6 heteroatoms. The average molecular weight is 255 g/mol. The van der Waals surface area contributed by atoms with Crippen LogP contribution in [0.1, 0.15) is 19.0 Å². The van der Waals surface area contributed by atoms with E-state index in [4.69, 9.17) is 18.0 Å². The van der Waals surface area contributed by atoms with Crippen molar-refractivity contribution in [2.75, 3.05) is 0 Å². The Kier molecular flexibility index (Phi) is 4.70. The van der Waals surface area contributed by atoms with Gasteiger partial charge in [-0.2, -0.15) is 0 Å². The number of hydrogen-bond acceptors (Lipinski definition) is 5. The van der Waals surface area contributed by atoms with Crippen LogP contribution in [-0.4, -0.2) is 21.2 Å². The normalized spacial score (nSPS) is 12.1.